The summed E-state index contributed by atoms with van der Waals surface area (Å²) < 4.78 is 0. The zero-order valence-corrected chi connectivity index (χ0v) is 18.2. The molecule has 2 aromatic rings. The van der Waals surface area contributed by atoms with E-state index < -0.39 is 0 Å². The number of nitrogens with zero attached hydrogens (tertiary/aromatic N) is 2. The Labute approximate surface area is 176 Å². The first-order valence-corrected chi connectivity index (χ1v) is 12.0. The van der Waals surface area contributed by atoms with Crippen LogP contribution in [0.3, 0.4) is 0 Å². The molecule has 1 aliphatic heterocycles. The molecule has 0 amide bonds. The lowest BCUT2D eigenvalue weighted by molar-refractivity contribution is 0.224. The Kier molecular flexibility index (Phi) is 9.59. The number of likely N-dealkylation sites (tertiary alicyclic amines) is 1. The summed E-state index contributed by atoms with van der Waals surface area (Å²) in [5.41, 5.74) is 2.43. The molecule has 154 valence electrons. The average Bonchev–Trinajstić information content (AvgIpc) is 2.72. The molecule has 3 rings (SSSR count). The fourth-order valence-electron chi connectivity index (χ4n) is 4.47. The number of unbranched alkanes of at least 4 members (excludes halogenated alkanes) is 8. The molecular weight excluding hydrogens is 364 g/mol. The Morgan fingerprint density at radius 1 is 0.786 bits per heavy atom. The molecule has 1 aromatic carbocycles. The van der Waals surface area contributed by atoms with E-state index in [-0.39, 0.29) is 0 Å². The Bertz CT molecular complexity index is 694. The molecular formula is C25H37ClN2. The summed E-state index contributed by atoms with van der Waals surface area (Å²) in [6.45, 7) is 4.04. The van der Waals surface area contributed by atoms with Crippen molar-refractivity contribution in [2.24, 2.45) is 0 Å². The van der Waals surface area contributed by atoms with Gasteiger partial charge in [0, 0.05) is 16.6 Å². The maximum Gasteiger partial charge on any atom is 0.0719 e. The van der Waals surface area contributed by atoms with E-state index in [1.165, 1.54) is 108 Å². The van der Waals surface area contributed by atoms with Crippen LogP contribution in [0, 0.1) is 0 Å². The maximum absolute atomic E-state index is 6.08. The van der Waals surface area contributed by atoms with Crippen LogP contribution >= 0.6 is 11.6 Å². The van der Waals surface area contributed by atoms with E-state index >= 15 is 0 Å². The van der Waals surface area contributed by atoms with Crippen molar-refractivity contribution in [1.82, 2.24) is 9.88 Å². The van der Waals surface area contributed by atoms with Crippen LogP contribution in [0.5, 0.6) is 0 Å². The lowest BCUT2D eigenvalue weighted by Gasteiger charge is -2.26. The van der Waals surface area contributed by atoms with E-state index in [0.29, 0.717) is 0 Å². The molecule has 0 saturated carbocycles. The quantitative estimate of drug-likeness (QED) is 0.344. The van der Waals surface area contributed by atoms with Gasteiger partial charge < -0.3 is 4.90 Å². The molecule has 2 heterocycles. The fraction of sp³-hybridized carbons (Fsp3) is 0.640. The van der Waals surface area contributed by atoms with Crippen LogP contribution in [-0.4, -0.2) is 29.5 Å². The first kappa shape index (κ1) is 21.6. The summed E-state index contributed by atoms with van der Waals surface area (Å²) in [5, 5.41) is 2.03. The van der Waals surface area contributed by atoms with Crippen molar-refractivity contribution < 1.29 is 0 Å². The summed E-state index contributed by atoms with van der Waals surface area (Å²) in [6, 6.07) is 8.22. The summed E-state index contributed by atoms with van der Waals surface area (Å²) in [6.07, 6.45) is 19.9. The van der Waals surface area contributed by atoms with Gasteiger partial charge in [0.15, 0.2) is 0 Å². The van der Waals surface area contributed by atoms with Gasteiger partial charge in [0.1, 0.15) is 0 Å². The van der Waals surface area contributed by atoms with E-state index in [1.54, 1.807) is 0 Å². The molecule has 0 spiro atoms. The molecule has 28 heavy (non-hydrogen) atoms. The largest absolute Gasteiger partial charge is 0.303 e. The van der Waals surface area contributed by atoms with Crippen LogP contribution in [0.4, 0.5) is 0 Å². The summed E-state index contributed by atoms with van der Waals surface area (Å²) in [5.74, 6) is 0. The number of fused-ring (bicyclic) bond motifs is 1. The van der Waals surface area contributed by atoms with E-state index in [4.69, 9.17) is 11.6 Å². The molecule has 0 atom stereocenters. The van der Waals surface area contributed by atoms with Crippen LogP contribution < -0.4 is 0 Å². The number of rotatable bonds is 12. The number of benzene rings is 1. The van der Waals surface area contributed by atoms with Crippen molar-refractivity contribution in [1.29, 1.82) is 0 Å². The number of pyridine rings is 1. The standard InChI is InChI=1S/C25H37ClN2/c26-23-14-15-24-22(16-17-27-25(24)21-23)13-9-6-4-2-1-3-5-7-10-18-28-19-11-8-12-20-28/h14-17,21H,1-13,18-20H2. The molecule has 1 aliphatic rings. The zero-order chi connectivity index (χ0) is 19.4. The van der Waals surface area contributed by atoms with Crippen LogP contribution in [0.1, 0.15) is 82.6 Å². The highest BCUT2D eigenvalue weighted by molar-refractivity contribution is 6.31. The molecule has 1 fully saturated rings. The van der Waals surface area contributed by atoms with Crippen molar-refractivity contribution in [2.75, 3.05) is 19.6 Å². The number of halogens is 1. The predicted octanol–water partition coefficient (Wildman–Crippen LogP) is 7.43. The second-order valence-electron chi connectivity index (χ2n) is 8.47. The molecule has 0 radical (unpaired) electrons. The smallest absolute Gasteiger partial charge is 0.0719 e. The average molecular weight is 401 g/mol. The van der Waals surface area contributed by atoms with Gasteiger partial charge in [0.05, 0.1) is 5.52 Å². The number of hydrogen-bond acceptors (Lipinski definition) is 2. The molecule has 0 N–H and O–H groups in total. The number of piperidine rings is 1. The second-order valence-corrected chi connectivity index (χ2v) is 8.90. The minimum absolute atomic E-state index is 0.767. The Balaban J connectivity index is 1.19. The minimum Gasteiger partial charge on any atom is -0.303 e. The van der Waals surface area contributed by atoms with Crippen LogP contribution in [0.25, 0.3) is 10.9 Å². The van der Waals surface area contributed by atoms with Crippen molar-refractivity contribution >= 4 is 22.5 Å². The lowest BCUT2D eigenvalue weighted by atomic mass is 10.0. The monoisotopic (exact) mass is 400 g/mol. The summed E-state index contributed by atoms with van der Waals surface area (Å²) in [4.78, 5) is 7.11. The van der Waals surface area contributed by atoms with Gasteiger partial charge in [-0.15, -0.1) is 0 Å². The highest BCUT2D eigenvalue weighted by Crippen LogP contribution is 2.22. The second kappa shape index (κ2) is 12.4. The number of hydrogen-bond donors (Lipinski definition) is 0. The third kappa shape index (κ3) is 7.37. The maximum atomic E-state index is 6.08. The normalized spacial score (nSPS) is 15.3. The SMILES string of the molecule is Clc1ccc2c(CCCCCCCCCCCN3CCCCC3)ccnc2c1. The first-order valence-electron chi connectivity index (χ1n) is 11.6. The van der Waals surface area contributed by atoms with Gasteiger partial charge in [-0.2, -0.15) is 0 Å². The topological polar surface area (TPSA) is 16.1 Å². The van der Waals surface area contributed by atoms with Crippen molar-refractivity contribution in [2.45, 2.75) is 83.5 Å². The van der Waals surface area contributed by atoms with Crippen molar-refractivity contribution in [3.05, 3.63) is 41.0 Å². The predicted molar refractivity (Wildman–Crippen MR) is 122 cm³/mol. The highest BCUT2D eigenvalue weighted by atomic mass is 35.5. The summed E-state index contributed by atoms with van der Waals surface area (Å²) in [7, 11) is 0. The van der Waals surface area contributed by atoms with Gasteiger partial charge in [-0.3, -0.25) is 4.98 Å². The summed E-state index contributed by atoms with van der Waals surface area (Å²) >= 11 is 6.08. The lowest BCUT2D eigenvalue weighted by Crippen LogP contribution is -2.30. The first-order chi connectivity index (χ1) is 13.8. The molecule has 0 aliphatic carbocycles. The van der Waals surface area contributed by atoms with Crippen LogP contribution in [0.2, 0.25) is 5.02 Å². The van der Waals surface area contributed by atoms with Gasteiger partial charge in [0.2, 0.25) is 0 Å². The Hall–Kier alpha value is -1.12. The third-order valence-corrected chi connectivity index (χ3v) is 6.40. The molecule has 0 unspecified atom stereocenters. The number of aromatic nitrogens is 1. The fourth-order valence-corrected chi connectivity index (χ4v) is 4.64. The number of aryl methyl sites for hydroxylation is 1. The van der Waals surface area contributed by atoms with E-state index in [1.807, 2.05) is 18.3 Å². The molecule has 2 nitrogen and oxygen atoms in total. The van der Waals surface area contributed by atoms with E-state index in [9.17, 15) is 0 Å². The van der Waals surface area contributed by atoms with E-state index in [2.05, 4.69) is 22.0 Å². The molecule has 1 saturated heterocycles. The highest BCUT2D eigenvalue weighted by Gasteiger charge is 2.08. The van der Waals surface area contributed by atoms with Gasteiger partial charge in [-0.1, -0.05) is 69.0 Å². The third-order valence-electron chi connectivity index (χ3n) is 6.16. The van der Waals surface area contributed by atoms with Crippen LogP contribution in [0.15, 0.2) is 30.5 Å². The Morgan fingerprint density at radius 3 is 2.21 bits per heavy atom. The van der Waals surface area contributed by atoms with E-state index in [0.717, 1.165) is 17.0 Å². The van der Waals surface area contributed by atoms with Gasteiger partial charge in [-0.25, -0.2) is 0 Å². The van der Waals surface area contributed by atoms with Gasteiger partial charge >= 0.3 is 0 Å². The minimum atomic E-state index is 0.767. The van der Waals surface area contributed by atoms with Gasteiger partial charge in [0.25, 0.3) is 0 Å². The zero-order valence-electron chi connectivity index (χ0n) is 17.5. The van der Waals surface area contributed by atoms with Crippen molar-refractivity contribution in [3.63, 3.8) is 0 Å². The van der Waals surface area contributed by atoms with Gasteiger partial charge in [-0.05, 0) is 75.5 Å². The molecule has 1 aromatic heterocycles. The van der Waals surface area contributed by atoms with Crippen molar-refractivity contribution in [3.8, 4) is 0 Å². The molecule has 0 bridgehead atoms. The molecule has 3 heteroatoms. The Morgan fingerprint density at radius 2 is 1.46 bits per heavy atom. The van der Waals surface area contributed by atoms with Crippen LogP contribution in [-0.2, 0) is 6.42 Å².